The standard InChI is InChI=1S/C27H33NO4/c1-31-15-7-14-27(30)16-19-8-6-9-20(17-27)28(19)26(29)32-18-25-23-12-4-2-10-21(23)22-11-3-5-13-24(22)25/h2-5,10-13,19-20,25,30H,6-9,14-18H2,1H3. The molecule has 0 spiro atoms. The lowest BCUT2D eigenvalue weighted by Crippen LogP contribution is -2.60. The van der Waals surface area contributed by atoms with Crippen LogP contribution in [-0.4, -0.2) is 54.1 Å². The second kappa shape index (κ2) is 8.87. The van der Waals surface area contributed by atoms with Gasteiger partial charge in [0.2, 0.25) is 0 Å². The Morgan fingerprint density at radius 1 is 1.03 bits per heavy atom. The highest BCUT2D eigenvalue weighted by Gasteiger charge is 2.47. The minimum absolute atomic E-state index is 0.0608. The van der Waals surface area contributed by atoms with Crippen molar-refractivity contribution >= 4 is 6.09 Å². The molecule has 1 N–H and O–H groups in total. The number of nitrogens with zero attached hydrogens (tertiary/aromatic N) is 1. The van der Waals surface area contributed by atoms with E-state index in [1.54, 1.807) is 7.11 Å². The zero-order chi connectivity index (χ0) is 22.1. The highest BCUT2D eigenvalue weighted by atomic mass is 16.6. The van der Waals surface area contributed by atoms with Gasteiger partial charge in [0.05, 0.1) is 5.60 Å². The third kappa shape index (κ3) is 3.93. The first-order valence-corrected chi connectivity index (χ1v) is 11.9. The monoisotopic (exact) mass is 435 g/mol. The third-order valence-corrected chi connectivity index (χ3v) is 7.63. The van der Waals surface area contributed by atoms with Crippen LogP contribution in [0.5, 0.6) is 0 Å². The van der Waals surface area contributed by atoms with Crippen LogP contribution >= 0.6 is 0 Å². The fourth-order valence-corrected chi connectivity index (χ4v) is 6.24. The van der Waals surface area contributed by atoms with Crippen molar-refractivity contribution in [2.45, 2.75) is 68.5 Å². The minimum atomic E-state index is -0.700. The van der Waals surface area contributed by atoms with Crippen LogP contribution in [0, 0.1) is 0 Å². The van der Waals surface area contributed by atoms with E-state index in [0.717, 1.165) is 32.1 Å². The summed E-state index contributed by atoms with van der Waals surface area (Å²) in [6.45, 7) is 1.01. The fourth-order valence-electron chi connectivity index (χ4n) is 6.24. The van der Waals surface area contributed by atoms with E-state index in [1.165, 1.54) is 22.3 Å². The van der Waals surface area contributed by atoms with E-state index < -0.39 is 5.60 Å². The molecule has 1 amide bonds. The van der Waals surface area contributed by atoms with Gasteiger partial charge in [0, 0.05) is 31.7 Å². The number of piperidine rings is 2. The third-order valence-electron chi connectivity index (χ3n) is 7.63. The molecule has 2 unspecified atom stereocenters. The van der Waals surface area contributed by atoms with Crippen LogP contribution in [0.1, 0.15) is 62.0 Å². The van der Waals surface area contributed by atoms with Crippen LogP contribution < -0.4 is 0 Å². The summed E-state index contributed by atoms with van der Waals surface area (Å²) in [6, 6.07) is 16.9. The molecular formula is C27H33NO4. The Morgan fingerprint density at radius 2 is 1.62 bits per heavy atom. The van der Waals surface area contributed by atoms with Gasteiger partial charge in [-0.2, -0.15) is 0 Å². The lowest BCUT2D eigenvalue weighted by atomic mass is 9.74. The summed E-state index contributed by atoms with van der Waals surface area (Å²) in [6.07, 6.45) is 5.61. The second-order valence-electron chi connectivity index (χ2n) is 9.68. The Bertz CT molecular complexity index is 914. The summed E-state index contributed by atoms with van der Waals surface area (Å²) >= 11 is 0. The van der Waals surface area contributed by atoms with Gasteiger partial charge in [-0.05, 0) is 67.2 Å². The molecule has 2 aliphatic heterocycles. The molecule has 2 aromatic carbocycles. The predicted octanol–water partition coefficient (Wildman–Crippen LogP) is 5.11. The van der Waals surface area contributed by atoms with Gasteiger partial charge in [-0.15, -0.1) is 0 Å². The summed E-state index contributed by atoms with van der Waals surface area (Å²) in [5.41, 5.74) is 4.23. The number of benzene rings is 2. The van der Waals surface area contributed by atoms with E-state index in [1.807, 2.05) is 4.90 Å². The Hall–Kier alpha value is -2.37. The van der Waals surface area contributed by atoms with Gasteiger partial charge < -0.3 is 19.5 Å². The molecule has 2 heterocycles. The summed E-state index contributed by atoms with van der Waals surface area (Å²) in [4.78, 5) is 15.2. The molecule has 2 aromatic rings. The highest BCUT2D eigenvalue weighted by Crippen LogP contribution is 2.45. The molecule has 0 radical (unpaired) electrons. The first kappa shape index (κ1) is 21.5. The maximum absolute atomic E-state index is 13.3. The summed E-state index contributed by atoms with van der Waals surface area (Å²) < 4.78 is 11.1. The molecule has 2 fully saturated rings. The number of hydrogen-bond acceptors (Lipinski definition) is 4. The number of aliphatic hydroxyl groups is 1. The van der Waals surface area contributed by atoms with Gasteiger partial charge in [0.25, 0.3) is 0 Å². The summed E-state index contributed by atoms with van der Waals surface area (Å²) in [5, 5.41) is 11.2. The van der Waals surface area contributed by atoms with Crippen LogP contribution in [0.4, 0.5) is 4.79 Å². The Morgan fingerprint density at radius 3 is 2.22 bits per heavy atom. The van der Waals surface area contributed by atoms with Crippen molar-refractivity contribution in [2.24, 2.45) is 0 Å². The van der Waals surface area contributed by atoms with Crippen molar-refractivity contribution in [3.05, 3.63) is 59.7 Å². The van der Waals surface area contributed by atoms with E-state index in [9.17, 15) is 9.90 Å². The molecular weight excluding hydrogens is 402 g/mol. The molecule has 170 valence electrons. The molecule has 32 heavy (non-hydrogen) atoms. The number of ether oxygens (including phenoxy) is 2. The number of rotatable bonds is 6. The molecule has 0 aromatic heterocycles. The Balaban J connectivity index is 1.28. The van der Waals surface area contributed by atoms with Gasteiger partial charge in [0.1, 0.15) is 6.61 Å². The largest absolute Gasteiger partial charge is 0.448 e. The number of methoxy groups -OCH3 is 1. The molecule has 0 saturated carbocycles. The predicted molar refractivity (Wildman–Crippen MR) is 124 cm³/mol. The van der Waals surface area contributed by atoms with E-state index in [2.05, 4.69) is 48.5 Å². The lowest BCUT2D eigenvalue weighted by Gasteiger charge is -2.51. The Labute approximate surface area is 190 Å². The van der Waals surface area contributed by atoms with Crippen molar-refractivity contribution in [3.8, 4) is 11.1 Å². The molecule has 2 saturated heterocycles. The van der Waals surface area contributed by atoms with E-state index >= 15 is 0 Å². The maximum atomic E-state index is 13.3. The summed E-state index contributed by atoms with van der Waals surface area (Å²) in [5.74, 6) is 0.0713. The van der Waals surface area contributed by atoms with Gasteiger partial charge >= 0.3 is 6.09 Å². The minimum Gasteiger partial charge on any atom is -0.448 e. The summed E-state index contributed by atoms with van der Waals surface area (Å²) in [7, 11) is 1.69. The lowest BCUT2D eigenvalue weighted by molar-refractivity contribution is -0.0908. The molecule has 2 atom stereocenters. The van der Waals surface area contributed by atoms with Crippen LogP contribution in [0.25, 0.3) is 11.1 Å². The number of fused-ring (bicyclic) bond motifs is 5. The smallest absolute Gasteiger partial charge is 0.410 e. The van der Waals surface area contributed by atoms with Crippen LogP contribution in [0.15, 0.2) is 48.5 Å². The van der Waals surface area contributed by atoms with Crippen LogP contribution in [0.3, 0.4) is 0 Å². The SMILES string of the molecule is COCCCC1(O)CC2CCCC(C1)N2C(=O)OCC1c2ccccc2-c2ccccc21. The van der Waals surface area contributed by atoms with Crippen molar-refractivity contribution in [2.75, 3.05) is 20.3 Å². The number of carbonyl (C=O) groups excluding carboxylic acids is 1. The Kier molecular flexibility index (Phi) is 5.95. The highest BCUT2D eigenvalue weighted by molar-refractivity contribution is 5.79. The zero-order valence-electron chi connectivity index (χ0n) is 18.8. The van der Waals surface area contributed by atoms with Crippen molar-refractivity contribution in [3.63, 3.8) is 0 Å². The van der Waals surface area contributed by atoms with Crippen LogP contribution in [-0.2, 0) is 9.47 Å². The van der Waals surface area contributed by atoms with Gasteiger partial charge in [-0.25, -0.2) is 4.79 Å². The van der Waals surface area contributed by atoms with Crippen molar-refractivity contribution < 1.29 is 19.4 Å². The molecule has 5 nitrogen and oxygen atoms in total. The maximum Gasteiger partial charge on any atom is 0.410 e. The van der Waals surface area contributed by atoms with Gasteiger partial charge in [-0.1, -0.05) is 48.5 Å². The molecule has 2 bridgehead atoms. The molecule has 5 heteroatoms. The number of carbonyl (C=O) groups is 1. The topological polar surface area (TPSA) is 59.0 Å². The normalized spacial score (nSPS) is 26.5. The number of amides is 1. The molecule has 5 rings (SSSR count). The van der Waals surface area contributed by atoms with E-state index in [-0.39, 0.29) is 24.1 Å². The zero-order valence-corrected chi connectivity index (χ0v) is 18.8. The number of hydrogen-bond donors (Lipinski definition) is 1. The van der Waals surface area contributed by atoms with E-state index in [0.29, 0.717) is 26.1 Å². The average Bonchev–Trinajstić information content (AvgIpc) is 3.11. The van der Waals surface area contributed by atoms with Crippen molar-refractivity contribution in [1.82, 2.24) is 4.90 Å². The average molecular weight is 436 g/mol. The molecule has 3 aliphatic rings. The first-order valence-electron chi connectivity index (χ1n) is 11.9. The first-order chi connectivity index (χ1) is 15.6. The van der Waals surface area contributed by atoms with Gasteiger partial charge in [-0.3, -0.25) is 0 Å². The molecule has 1 aliphatic carbocycles. The fraction of sp³-hybridized carbons (Fsp3) is 0.519. The van der Waals surface area contributed by atoms with Crippen LogP contribution in [0.2, 0.25) is 0 Å². The van der Waals surface area contributed by atoms with Crippen molar-refractivity contribution in [1.29, 1.82) is 0 Å². The second-order valence-corrected chi connectivity index (χ2v) is 9.68. The quantitative estimate of drug-likeness (QED) is 0.641. The van der Waals surface area contributed by atoms with Gasteiger partial charge in [0.15, 0.2) is 0 Å². The van der Waals surface area contributed by atoms with E-state index in [4.69, 9.17) is 9.47 Å².